The fraction of sp³-hybridized carbons (Fsp3) is 0.176. The molecule has 0 aliphatic carbocycles. The van der Waals surface area contributed by atoms with E-state index in [0.29, 0.717) is 5.56 Å². The molecule has 0 heterocycles. The van der Waals surface area contributed by atoms with Gasteiger partial charge in [0.05, 0.1) is 10.5 Å². The van der Waals surface area contributed by atoms with Gasteiger partial charge < -0.3 is 9.53 Å². The summed E-state index contributed by atoms with van der Waals surface area (Å²) in [5, 5.41) is 10.6. The summed E-state index contributed by atoms with van der Waals surface area (Å²) in [6.45, 7) is -0.234. The van der Waals surface area contributed by atoms with Gasteiger partial charge in [0.25, 0.3) is 5.69 Å². The first-order valence-corrected chi connectivity index (χ1v) is 7.25. The molecule has 9 heteroatoms. The quantitative estimate of drug-likeness (QED) is 0.256. The van der Waals surface area contributed by atoms with Crippen LogP contribution in [0.25, 0.3) is 0 Å². The molecule has 0 saturated heterocycles. The fourth-order valence-corrected chi connectivity index (χ4v) is 2.11. The highest BCUT2D eigenvalue weighted by Crippen LogP contribution is 2.30. The summed E-state index contributed by atoms with van der Waals surface area (Å²) in [6, 6.07) is 8.86. The van der Waals surface area contributed by atoms with Crippen molar-refractivity contribution in [3.63, 3.8) is 0 Å². The molecule has 0 spiro atoms. The van der Waals surface area contributed by atoms with Crippen LogP contribution in [0.3, 0.4) is 0 Å². The van der Waals surface area contributed by atoms with E-state index < -0.39 is 28.6 Å². The molecular formula is C17H12F3NO5. The molecule has 0 N–H and O–H groups in total. The monoisotopic (exact) mass is 367 g/mol. The molecule has 0 bridgehead atoms. The van der Waals surface area contributed by atoms with Crippen molar-refractivity contribution >= 4 is 17.9 Å². The zero-order valence-electron chi connectivity index (χ0n) is 13.1. The van der Waals surface area contributed by atoms with Gasteiger partial charge >= 0.3 is 12.1 Å². The van der Waals surface area contributed by atoms with E-state index in [1.807, 2.05) is 0 Å². The zero-order chi connectivity index (χ0) is 19.3. The number of ether oxygens (including phenoxy) is 1. The van der Waals surface area contributed by atoms with Crippen LogP contribution < -0.4 is 0 Å². The minimum atomic E-state index is -4.52. The second-order valence-corrected chi connectivity index (χ2v) is 5.26. The summed E-state index contributed by atoms with van der Waals surface area (Å²) in [6.07, 6.45) is -4.24. The van der Waals surface area contributed by atoms with Gasteiger partial charge in [-0.3, -0.25) is 14.9 Å². The van der Waals surface area contributed by atoms with Crippen LogP contribution in [-0.2, 0) is 27.1 Å². The fourth-order valence-electron chi connectivity index (χ4n) is 2.11. The van der Waals surface area contributed by atoms with Crippen molar-refractivity contribution in [2.75, 3.05) is 0 Å². The van der Waals surface area contributed by atoms with Crippen LogP contribution in [0.1, 0.15) is 22.6 Å². The molecule has 2 aromatic rings. The second-order valence-electron chi connectivity index (χ2n) is 5.26. The van der Waals surface area contributed by atoms with Crippen LogP contribution in [0.15, 0.2) is 48.5 Å². The molecule has 136 valence electrons. The van der Waals surface area contributed by atoms with Crippen LogP contribution in [0.4, 0.5) is 18.9 Å². The number of hydrogen-bond donors (Lipinski definition) is 0. The molecule has 0 radical (unpaired) electrons. The van der Waals surface area contributed by atoms with Crippen molar-refractivity contribution in [3.8, 4) is 0 Å². The summed E-state index contributed by atoms with van der Waals surface area (Å²) in [5.74, 6) is -2.30. The van der Waals surface area contributed by atoms with Crippen molar-refractivity contribution in [1.29, 1.82) is 0 Å². The lowest BCUT2D eigenvalue weighted by Gasteiger charge is -2.12. The number of rotatable bonds is 6. The van der Waals surface area contributed by atoms with Crippen molar-refractivity contribution in [1.82, 2.24) is 0 Å². The Morgan fingerprint density at radius 2 is 1.69 bits per heavy atom. The Hall–Kier alpha value is -3.23. The lowest BCUT2D eigenvalue weighted by molar-refractivity contribution is -0.384. The van der Waals surface area contributed by atoms with Gasteiger partial charge in [0, 0.05) is 12.1 Å². The number of nitro benzene ring substituents is 1. The molecule has 2 rings (SSSR count). The molecule has 1 atom stereocenters. The highest BCUT2D eigenvalue weighted by molar-refractivity contribution is 5.94. The molecule has 0 amide bonds. The van der Waals surface area contributed by atoms with Crippen molar-refractivity contribution in [2.24, 2.45) is 0 Å². The maximum Gasteiger partial charge on any atom is 0.416 e. The maximum atomic E-state index is 12.5. The van der Waals surface area contributed by atoms with Gasteiger partial charge in [0.1, 0.15) is 18.8 Å². The van der Waals surface area contributed by atoms with Gasteiger partial charge in [-0.15, -0.1) is 0 Å². The maximum absolute atomic E-state index is 12.5. The predicted octanol–water partition coefficient (Wildman–Crippen LogP) is 3.64. The molecule has 0 fully saturated rings. The minimum absolute atomic E-state index is 0.0710. The third-order valence-corrected chi connectivity index (χ3v) is 3.52. The Morgan fingerprint density at radius 1 is 1.12 bits per heavy atom. The Bertz CT molecular complexity index is 801. The van der Waals surface area contributed by atoms with Gasteiger partial charge in [-0.1, -0.05) is 12.1 Å². The molecular weight excluding hydrogens is 355 g/mol. The van der Waals surface area contributed by atoms with Crippen LogP contribution in [0.2, 0.25) is 0 Å². The van der Waals surface area contributed by atoms with Crippen molar-refractivity contribution in [2.45, 2.75) is 18.7 Å². The van der Waals surface area contributed by atoms with Crippen molar-refractivity contribution in [3.05, 3.63) is 75.3 Å². The molecule has 0 aliphatic heterocycles. The molecule has 2 aromatic carbocycles. The summed E-state index contributed by atoms with van der Waals surface area (Å²) in [4.78, 5) is 33.2. The average Bonchev–Trinajstić information content (AvgIpc) is 2.60. The molecule has 26 heavy (non-hydrogen) atoms. The van der Waals surface area contributed by atoms with E-state index in [1.54, 1.807) is 0 Å². The number of alkyl halides is 3. The normalized spacial score (nSPS) is 12.3. The highest BCUT2D eigenvalue weighted by Gasteiger charge is 2.31. The number of benzene rings is 2. The number of hydrogen-bond acceptors (Lipinski definition) is 5. The topological polar surface area (TPSA) is 86.5 Å². The van der Waals surface area contributed by atoms with Gasteiger partial charge in [0.2, 0.25) is 0 Å². The minimum Gasteiger partial charge on any atom is -0.460 e. The Kier molecular flexibility index (Phi) is 5.71. The Balaban J connectivity index is 2.04. The number of nitro groups is 1. The lowest BCUT2D eigenvalue weighted by Crippen LogP contribution is -2.17. The first kappa shape index (κ1) is 19.1. The molecule has 0 saturated carbocycles. The SMILES string of the molecule is O=CC(C(=O)OCc1ccc([N+](=O)[O-])cc1)c1ccc(C(F)(F)F)cc1. The average molecular weight is 367 g/mol. The van der Waals surface area contributed by atoms with E-state index in [1.165, 1.54) is 24.3 Å². The smallest absolute Gasteiger partial charge is 0.416 e. The van der Waals surface area contributed by atoms with E-state index in [9.17, 15) is 32.9 Å². The Morgan fingerprint density at radius 3 is 2.15 bits per heavy atom. The van der Waals surface area contributed by atoms with Gasteiger partial charge in [-0.2, -0.15) is 13.2 Å². The number of halogens is 3. The summed E-state index contributed by atoms with van der Waals surface area (Å²) in [5.41, 5.74) is -0.497. The van der Waals surface area contributed by atoms with Gasteiger partial charge in [0.15, 0.2) is 0 Å². The number of carbonyl (C=O) groups is 2. The zero-order valence-corrected chi connectivity index (χ0v) is 13.1. The second kappa shape index (κ2) is 7.77. The van der Waals surface area contributed by atoms with E-state index in [2.05, 4.69) is 0 Å². The molecule has 0 aliphatic rings. The number of nitrogens with zero attached hydrogens (tertiary/aromatic N) is 1. The van der Waals surface area contributed by atoms with Crippen LogP contribution in [0, 0.1) is 10.1 Å². The lowest BCUT2D eigenvalue weighted by atomic mass is 9.99. The van der Waals surface area contributed by atoms with Gasteiger partial charge in [-0.25, -0.2) is 0 Å². The number of aldehydes is 1. The third kappa shape index (κ3) is 4.65. The first-order chi connectivity index (χ1) is 12.2. The molecule has 0 aromatic heterocycles. The standard InChI is InChI=1S/C17H12F3NO5/c18-17(19,20)13-5-3-12(4-6-13)15(9-22)16(23)26-10-11-1-7-14(8-2-11)21(24)25/h1-9,15H,10H2. The highest BCUT2D eigenvalue weighted by atomic mass is 19.4. The largest absolute Gasteiger partial charge is 0.460 e. The van der Waals surface area contributed by atoms with E-state index in [-0.39, 0.29) is 24.1 Å². The third-order valence-electron chi connectivity index (χ3n) is 3.52. The first-order valence-electron chi connectivity index (χ1n) is 7.25. The van der Waals surface area contributed by atoms with Crippen LogP contribution in [-0.4, -0.2) is 17.2 Å². The number of carbonyl (C=O) groups excluding carboxylic acids is 2. The van der Waals surface area contributed by atoms with Crippen molar-refractivity contribution < 1.29 is 32.4 Å². The Labute approximate surface area is 145 Å². The van der Waals surface area contributed by atoms with E-state index >= 15 is 0 Å². The number of esters is 1. The van der Waals surface area contributed by atoms with Gasteiger partial charge in [-0.05, 0) is 35.4 Å². The predicted molar refractivity (Wildman–Crippen MR) is 83.1 cm³/mol. The molecule has 1 unspecified atom stereocenters. The van der Waals surface area contributed by atoms with E-state index in [0.717, 1.165) is 24.3 Å². The summed E-state index contributed by atoms with van der Waals surface area (Å²) < 4.78 is 42.6. The van der Waals surface area contributed by atoms with Crippen LogP contribution >= 0.6 is 0 Å². The summed E-state index contributed by atoms with van der Waals surface area (Å²) in [7, 11) is 0. The summed E-state index contributed by atoms with van der Waals surface area (Å²) >= 11 is 0. The van der Waals surface area contributed by atoms with Crippen LogP contribution in [0.5, 0.6) is 0 Å². The van der Waals surface area contributed by atoms with E-state index in [4.69, 9.17) is 4.74 Å². The molecule has 6 nitrogen and oxygen atoms in total. The number of non-ortho nitro benzene ring substituents is 1.